The molecule has 0 aliphatic carbocycles. The van der Waals surface area contributed by atoms with Crippen LogP contribution in [-0.2, 0) is 19.2 Å². The monoisotopic (exact) mass is 382 g/mol. The molecular formula is C12H14O4Se2. The molecule has 6 heteroatoms. The second kappa shape index (κ2) is 7.15. The van der Waals surface area contributed by atoms with Gasteiger partial charge in [-0.15, -0.1) is 0 Å². The van der Waals surface area contributed by atoms with Crippen LogP contribution in [0, 0.1) is 11.8 Å². The average molecular weight is 380 g/mol. The van der Waals surface area contributed by atoms with Gasteiger partial charge < -0.3 is 0 Å². The minimum atomic E-state index is -0.942. The summed E-state index contributed by atoms with van der Waals surface area (Å²) in [5.74, 6) is -3.18. The van der Waals surface area contributed by atoms with Crippen LogP contribution in [0.5, 0.6) is 0 Å². The first-order valence-electron chi connectivity index (χ1n) is 5.21. The number of rotatable bonds is 7. The van der Waals surface area contributed by atoms with Crippen molar-refractivity contribution in [2.75, 3.05) is 0 Å². The summed E-state index contributed by atoms with van der Waals surface area (Å²) in [4.78, 5) is 45.7. The van der Waals surface area contributed by atoms with E-state index in [0.717, 1.165) is 0 Å². The van der Waals surface area contributed by atoms with Gasteiger partial charge in [0, 0.05) is 0 Å². The minimum absolute atomic E-state index is 0.324. The van der Waals surface area contributed by atoms with E-state index in [9.17, 15) is 19.2 Å². The van der Waals surface area contributed by atoms with Crippen LogP contribution in [0.3, 0.4) is 0 Å². The molecule has 0 fully saturated rings. The summed E-state index contributed by atoms with van der Waals surface area (Å²) < 4.78 is 0.649. The second-order valence-corrected chi connectivity index (χ2v) is 5.88. The number of Topliss-reactive ketones (excluding diaryl/α,β-unsaturated/α-hetero) is 4. The van der Waals surface area contributed by atoms with Crippen molar-refractivity contribution < 1.29 is 19.2 Å². The molecule has 4 nitrogen and oxygen atoms in total. The maximum absolute atomic E-state index is 11.4. The first-order valence-corrected chi connectivity index (χ1v) is 6.92. The molecule has 0 bridgehead atoms. The summed E-state index contributed by atoms with van der Waals surface area (Å²) in [5, 5.41) is 0. The molecule has 0 aliphatic rings. The molecular weight excluding hydrogens is 366 g/mol. The van der Waals surface area contributed by atoms with Gasteiger partial charge in [0.2, 0.25) is 0 Å². The van der Waals surface area contributed by atoms with E-state index in [4.69, 9.17) is 0 Å². The van der Waals surface area contributed by atoms with E-state index < -0.39 is 11.8 Å². The molecule has 0 heterocycles. The zero-order valence-corrected chi connectivity index (χ0v) is 14.0. The second-order valence-electron chi connectivity index (χ2n) is 4.04. The third-order valence-corrected chi connectivity index (χ3v) is 4.96. The number of hydrogen-bond acceptors (Lipinski definition) is 4. The van der Waals surface area contributed by atoms with Crippen LogP contribution in [0.2, 0.25) is 0 Å². The van der Waals surface area contributed by atoms with E-state index in [1.165, 1.54) is 27.7 Å². The molecule has 0 amide bonds. The van der Waals surface area contributed by atoms with E-state index in [1.807, 2.05) is 0 Å². The molecule has 0 rings (SSSR count). The number of ketones is 4. The van der Waals surface area contributed by atoms with E-state index in [2.05, 4.69) is 31.2 Å². The van der Waals surface area contributed by atoms with Crippen LogP contribution >= 0.6 is 0 Å². The molecule has 98 valence electrons. The summed E-state index contributed by atoms with van der Waals surface area (Å²) in [6.45, 7) is 5.20. The van der Waals surface area contributed by atoms with Gasteiger partial charge in [0.25, 0.3) is 0 Å². The van der Waals surface area contributed by atoms with Gasteiger partial charge in [0.15, 0.2) is 0 Å². The van der Waals surface area contributed by atoms with Crippen LogP contribution in [0.25, 0.3) is 0 Å². The van der Waals surface area contributed by atoms with E-state index in [0.29, 0.717) is 8.83 Å². The molecule has 0 saturated heterocycles. The molecule has 0 N–H and O–H groups in total. The Hall–Kier alpha value is -0.541. The van der Waals surface area contributed by atoms with Crippen molar-refractivity contribution in [1.29, 1.82) is 0 Å². The van der Waals surface area contributed by atoms with Gasteiger partial charge in [-0.1, -0.05) is 0 Å². The first-order chi connectivity index (χ1) is 8.11. The molecule has 0 aromatic rings. The first kappa shape index (κ1) is 17.5. The van der Waals surface area contributed by atoms with Crippen molar-refractivity contribution in [3.05, 3.63) is 0 Å². The Morgan fingerprint density at radius 1 is 0.611 bits per heavy atom. The standard InChI is InChI=1S/C12H14O4Se2/c1-5(13)9(6(2)14)11(17)12(18)10(7(3)15)8(4)16/h9-10H,1-4H3. The molecule has 0 unspecified atom stereocenters. The molecule has 18 heavy (non-hydrogen) atoms. The SMILES string of the molecule is CC(=O)C(C(C)=O)C(=[Se])C(=[Se])C(C(C)=O)C(C)=O. The molecule has 0 spiro atoms. The van der Waals surface area contributed by atoms with E-state index in [1.54, 1.807) is 0 Å². The normalized spacial score (nSPS) is 10.3. The fourth-order valence-corrected chi connectivity index (χ4v) is 3.48. The van der Waals surface area contributed by atoms with Crippen molar-refractivity contribution in [3.63, 3.8) is 0 Å². The van der Waals surface area contributed by atoms with Crippen LogP contribution in [0.15, 0.2) is 0 Å². The predicted octanol–water partition coefficient (Wildman–Crippen LogP) is -0.743. The predicted molar refractivity (Wildman–Crippen MR) is 71.2 cm³/mol. The maximum atomic E-state index is 11.4. The third kappa shape index (κ3) is 4.29. The van der Waals surface area contributed by atoms with Gasteiger partial charge in [-0.3, -0.25) is 0 Å². The average Bonchev–Trinajstić information content (AvgIpc) is 2.14. The van der Waals surface area contributed by atoms with Gasteiger partial charge in [-0.2, -0.15) is 0 Å². The van der Waals surface area contributed by atoms with Gasteiger partial charge >= 0.3 is 122 Å². The number of carbonyl (C=O) groups is 4. The van der Waals surface area contributed by atoms with Gasteiger partial charge in [0.05, 0.1) is 0 Å². The van der Waals surface area contributed by atoms with Crippen molar-refractivity contribution in [2.24, 2.45) is 11.8 Å². The zero-order valence-electron chi connectivity index (χ0n) is 10.6. The Labute approximate surface area is 122 Å². The summed E-state index contributed by atoms with van der Waals surface area (Å²) in [6, 6.07) is 0. The number of hydrogen-bond donors (Lipinski definition) is 0. The van der Waals surface area contributed by atoms with Crippen LogP contribution in [0.1, 0.15) is 27.7 Å². The summed E-state index contributed by atoms with van der Waals surface area (Å²) in [7, 11) is 0. The van der Waals surface area contributed by atoms with Crippen molar-refractivity contribution in [2.45, 2.75) is 27.7 Å². The quantitative estimate of drug-likeness (QED) is 0.431. The Bertz CT molecular complexity index is 381. The number of carbonyl (C=O) groups excluding carboxylic acids is 4. The van der Waals surface area contributed by atoms with Gasteiger partial charge in [0.1, 0.15) is 0 Å². The van der Waals surface area contributed by atoms with Crippen LogP contribution < -0.4 is 0 Å². The van der Waals surface area contributed by atoms with Crippen molar-refractivity contribution >= 4 is 63.1 Å². The summed E-state index contributed by atoms with van der Waals surface area (Å²) in [5.41, 5.74) is 0. The van der Waals surface area contributed by atoms with E-state index in [-0.39, 0.29) is 23.1 Å². The Kier molecular flexibility index (Phi) is 6.93. The van der Waals surface area contributed by atoms with Crippen LogP contribution in [0.4, 0.5) is 0 Å². The topological polar surface area (TPSA) is 68.3 Å². The van der Waals surface area contributed by atoms with Crippen LogP contribution in [-0.4, -0.2) is 63.1 Å². The third-order valence-electron chi connectivity index (χ3n) is 2.39. The fraction of sp³-hybridized carbons (Fsp3) is 0.500. The molecule has 0 aromatic heterocycles. The molecule has 0 aromatic carbocycles. The molecule has 0 radical (unpaired) electrons. The van der Waals surface area contributed by atoms with E-state index >= 15 is 0 Å². The summed E-state index contributed by atoms with van der Waals surface area (Å²) in [6.07, 6.45) is 0. The Morgan fingerprint density at radius 2 is 0.778 bits per heavy atom. The Balaban J connectivity index is 5.37. The fourth-order valence-electron chi connectivity index (χ4n) is 1.60. The van der Waals surface area contributed by atoms with Gasteiger partial charge in [-0.05, 0) is 0 Å². The zero-order chi connectivity index (χ0) is 14.6. The summed E-state index contributed by atoms with van der Waals surface area (Å²) >= 11 is 5.26. The molecule has 0 aliphatic heterocycles. The van der Waals surface area contributed by atoms with Crippen molar-refractivity contribution in [3.8, 4) is 0 Å². The van der Waals surface area contributed by atoms with Gasteiger partial charge in [-0.25, -0.2) is 0 Å². The molecule has 0 atom stereocenters. The Morgan fingerprint density at radius 3 is 0.889 bits per heavy atom. The van der Waals surface area contributed by atoms with Crippen molar-refractivity contribution in [1.82, 2.24) is 0 Å². The molecule has 0 saturated carbocycles.